The van der Waals surface area contributed by atoms with Crippen LogP contribution in [0.5, 0.6) is 5.19 Å². The van der Waals surface area contributed by atoms with Gasteiger partial charge in [0.05, 0.1) is 0 Å². The summed E-state index contributed by atoms with van der Waals surface area (Å²) in [4.78, 5) is 6.88. The highest BCUT2D eigenvalue weighted by molar-refractivity contribution is 7.11. The Morgan fingerprint density at radius 1 is 1.25 bits per heavy atom. The van der Waals surface area contributed by atoms with E-state index in [0.29, 0.717) is 6.10 Å². The van der Waals surface area contributed by atoms with Gasteiger partial charge in [0.2, 0.25) is 0 Å². The lowest BCUT2D eigenvalue weighted by Crippen LogP contribution is -2.61. The van der Waals surface area contributed by atoms with Crippen molar-refractivity contribution in [2.75, 3.05) is 19.6 Å². The molecule has 3 saturated heterocycles. The molecule has 0 spiro atoms. The molecule has 1 aromatic rings. The SMILES string of the molecule is c1csc(OC2C3CC4CC2CN(C4)C3)n1. The standard InChI is InChI=1S/C12H16N2OS/c1-2-16-12(13-1)15-11-9-3-8-4-10(11)7-14(5-8)6-9/h1-2,8-11H,3-7H2. The topological polar surface area (TPSA) is 25.4 Å². The molecule has 2 atom stereocenters. The Hall–Kier alpha value is -0.610. The number of aromatic nitrogens is 1. The Bertz CT molecular complexity index is 350. The molecule has 16 heavy (non-hydrogen) atoms. The molecule has 4 heteroatoms. The summed E-state index contributed by atoms with van der Waals surface area (Å²) in [5, 5.41) is 2.86. The fourth-order valence-corrected chi connectivity index (χ4v) is 4.47. The molecule has 0 radical (unpaired) electrons. The molecule has 4 heterocycles. The van der Waals surface area contributed by atoms with Gasteiger partial charge in [-0.15, -0.1) is 0 Å². The van der Waals surface area contributed by atoms with Gasteiger partial charge in [-0.1, -0.05) is 11.3 Å². The van der Waals surface area contributed by atoms with E-state index < -0.39 is 0 Å². The van der Waals surface area contributed by atoms with Crippen molar-refractivity contribution in [2.24, 2.45) is 17.8 Å². The van der Waals surface area contributed by atoms with E-state index in [9.17, 15) is 0 Å². The molecule has 2 unspecified atom stereocenters. The van der Waals surface area contributed by atoms with E-state index in [0.717, 1.165) is 22.9 Å². The zero-order valence-corrected chi connectivity index (χ0v) is 10.0. The lowest BCUT2D eigenvalue weighted by atomic mass is 9.66. The second kappa shape index (κ2) is 3.44. The smallest absolute Gasteiger partial charge is 0.273 e. The third-order valence-electron chi connectivity index (χ3n) is 4.35. The number of rotatable bonds is 2. The first-order chi connectivity index (χ1) is 7.88. The van der Waals surface area contributed by atoms with Gasteiger partial charge in [-0.05, 0) is 18.8 Å². The summed E-state index contributed by atoms with van der Waals surface area (Å²) >= 11 is 1.62. The van der Waals surface area contributed by atoms with Gasteiger partial charge in [0.1, 0.15) is 6.10 Å². The number of nitrogens with zero attached hydrogens (tertiary/aromatic N) is 2. The van der Waals surface area contributed by atoms with Gasteiger partial charge in [0.15, 0.2) is 0 Å². The molecular weight excluding hydrogens is 220 g/mol. The second-order valence-corrected chi connectivity index (χ2v) is 6.31. The fraction of sp³-hybridized carbons (Fsp3) is 0.750. The lowest BCUT2D eigenvalue weighted by Gasteiger charge is -2.55. The highest BCUT2D eigenvalue weighted by Crippen LogP contribution is 2.44. The molecule has 3 aliphatic heterocycles. The summed E-state index contributed by atoms with van der Waals surface area (Å²) in [7, 11) is 0. The van der Waals surface area contributed by atoms with E-state index in [-0.39, 0.29) is 0 Å². The largest absolute Gasteiger partial charge is 0.466 e. The van der Waals surface area contributed by atoms with Gasteiger partial charge in [-0.3, -0.25) is 0 Å². The minimum atomic E-state index is 0.443. The molecule has 3 nitrogen and oxygen atoms in total. The first-order valence-electron chi connectivity index (χ1n) is 6.17. The van der Waals surface area contributed by atoms with Crippen LogP contribution in [0.4, 0.5) is 0 Å². The van der Waals surface area contributed by atoms with Crippen LogP contribution in [0.25, 0.3) is 0 Å². The summed E-state index contributed by atoms with van der Waals surface area (Å²) in [6.07, 6.45) is 5.03. The van der Waals surface area contributed by atoms with Crippen LogP contribution in [0.2, 0.25) is 0 Å². The maximum Gasteiger partial charge on any atom is 0.273 e. The molecule has 1 aliphatic carbocycles. The molecule has 1 aromatic heterocycles. The zero-order valence-electron chi connectivity index (χ0n) is 9.21. The van der Waals surface area contributed by atoms with Crippen molar-refractivity contribution in [1.29, 1.82) is 0 Å². The summed E-state index contributed by atoms with van der Waals surface area (Å²) in [6, 6.07) is 0. The first-order valence-corrected chi connectivity index (χ1v) is 7.05. The third kappa shape index (κ3) is 1.39. The van der Waals surface area contributed by atoms with Gasteiger partial charge in [0.25, 0.3) is 5.19 Å². The summed E-state index contributed by atoms with van der Waals surface area (Å²) in [5.74, 6) is 2.47. The van der Waals surface area contributed by atoms with Crippen LogP contribution < -0.4 is 4.74 Å². The van der Waals surface area contributed by atoms with E-state index >= 15 is 0 Å². The van der Waals surface area contributed by atoms with Gasteiger partial charge in [-0.25, -0.2) is 4.98 Å². The van der Waals surface area contributed by atoms with E-state index in [1.165, 1.54) is 32.5 Å². The minimum absolute atomic E-state index is 0.443. The van der Waals surface area contributed by atoms with Gasteiger partial charge >= 0.3 is 0 Å². The number of hydrogen-bond donors (Lipinski definition) is 0. The zero-order chi connectivity index (χ0) is 10.5. The second-order valence-electron chi connectivity index (χ2n) is 5.46. The Balaban J connectivity index is 1.56. The van der Waals surface area contributed by atoms with Crippen LogP contribution >= 0.6 is 11.3 Å². The Morgan fingerprint density at radius 2 is 2.06 bits per heavy atom. The number of piperidine rings is 3. The van der Waals surface area contributed by atoms with E-state index in [2.05, 4.69) is 9.88 Å². The van der Waals surface area contributed by atoms with Crippen molar-refractivity contribution < 1.29 is 4.74 Å². The average molecular weight is 236 g/mol. The van der Waals surface area contributed by atoms with Crippen LogP contribution in [0, 0.1) is 17.8 Å². The van der Waals surface area contributed by atoms with E-state index in [4.69, 9.17) is 4.74 Å². The first kappa shape index (κ1) is 9.42. The average Bonchev–Trinajstić information content (AvgIpc) is 2.75. The monoisotopic (exact) mass is 236 g/mol. The molecule has 4 bridgehead atoms. The lowest BCUT2D eigenvalue weighted by molar-refractivity contribution is -0.0985. The van der Waals surface area contributed by atoms with Crippen molar-refractivity contribution in [3.63, 3.8) is 0 Å². The van der Waals surface area contributed by atoms with Crippen LogP contribution in [-0.4, -0.2) is 35.6 Å². The van der Waals surface area contributed by atoms with Crippen molar-refractivity contribution >= 4 is 11.3 Å². The highest BCUT2D eigenvalue weighted by Gasteiger charge is 2.48. The van der Waals surface area contributed by atoms with Crippen LogP contribution in [0.15, 0.2) is 11.6 Å². The Labute approximate surface area is 99.4 Å². The molecule has 1 saturated carbocycles. The molecule has 4 aliphatic rings. The van der Waals surface area contributed by atoms with Gasteiger partial charge in [0, 0.05) is 43.0 Å². The Kier molecular flexibility index (Phi) is 2.03. The highest BCUT2D eigenvalue weighted by atomic mass is 32.1. The molecule has 86 valence electrons. The number of hydrogen-bond acceptors (Lipinski definition) is 4. The summed E-state index contributed by atoms with van der Waals surface area (Å²) < 4.78 is 6.11. The summed E-state index contributed by atoms with van der Waals surface area (Å²) in [6.45, 7) is 3.85. The molecule has 0 N–H and O–H groups in total. The molecular formula is C12H16N2OS. The maximum absolute atomic E-state index is 6.11. The fourth-order valence-electron chi connectivity index (χ4n) is 3.94. The Morgan fingerprint density at radius 3 is 2.69 bits per heavy atom. The van der Waals surface area contributed by atoms with Crippen molar-refractivity contribution in [3.05, 3.63) is 11.6 Å². The predicted molar refractivity (Wildman–Crippen MR) is 62.7 cm³/mol. The maximum atomic E-state index is 6.11. The quantitative estimate of drug-likeness (QED) is 0.783. The molecule has 5 rings (SSSR count). The summed E-state index contributed by atoms with van der Waals surface area (Å²) in [5.41, 5.74) is 0. The van der Waals surface area contributed by atoms with Crippen molar-refractivity contribution in [2.45, 2.75) is 18.9 Å². The van der Waals surface area contributed by atoms with Gasteiger partial charge < -0.3 is 9.64 Å². The number of ether oxygens (including phenoxy) is 1. The van der Waals surface area contributed by atoms with E-state index in [1.54, 1.807) is 11.3 Å². The predicted octanol–water partition coefficient (Wildman–Crippen LogP) is 1.86. The molecule has 0 amide bonds. The molecule has 0 aromatic carbocycles. The van der Waals surface area contributed by atoms with E-state index in [1.807, 2.05) is 11.6 Å². The van der Waals surface area contributed by atoms with Crippen molar-refractivity contribution in [3.8, 4) is 5.19 Å². The normalized spacial score (nSPS) is 44.9. The van der Waals surface area contributed by atoms with Gasteiger partial charge in [-0.2, -0.15) is 0 Å². The van der Waals surface area contributed by atoms with Crippen LogP contribution in [-0.2, 0) is 0 Å². The van der Waals surface area contributed by atoms with Crippen LogP contribution in [0.1, 0.15) is 12.8 Å². The van der Waals surface area contributed by atoms with Crippen molar-refractivity contribution in [1.82, 2.24) is 9.88 Å². The minimum Gasteiger partial charge on any atom is -0.466 e. The third-order valence-corrected chi connectivity index (χ3v) is 5.01. The number of thiazole rings is 1. The van der Waals surface area contributed by atoms with Crippen LogP contribution in [0.3, 0.4) is 0 Å². The molecule has 4 fully saturated rings.